The monoisotopic (exact) mass is 468 g/mol. The highest BCUT2D eigenvalue weighted by atomic mass is 32.2. The molecule has 1 saturated heterocycles. The van der Waals surface area contributed by atoms with Gasteiger partial charge in [-0.25, -0.2) is 15.0 Å². The van der Waals surface area contributed by atoms with Crippen LogP contribution in [0.1, 0.15) is 17.5 Å². The second kappa shape index (κ2) is 8.30. The number of fused-ring (bicyclic) bond motifs is 5. The number of rotatable bonds is 5. The van der Waals surface area contributed by atoms with Gasteiger partial charge in [-0.3, -0.25) is 0 Å². The lowest BCUT2D eigenvalue weighted by Gasteiger charge is -2.32. The van der Waals surface area contributed by atoms with Gasteiger partial charge in [-0.15, -0.1) is 11.3 Å². The summed E-state index contributed by atoms with van der Waals surface area (Å²) in [4.78, 5) is 19.9. The first-order valence-electron chi connectivity index (χ1n) is 11.2. The van der Waals surface area contributed by atoms with Crippen molar-refractivity contribution in [1.29, 1.82) is 0 Å². The summed E-state index contributed by atoms with van der Waals surface area (Å²) >= 11 is 3.31. The van der Waals surface area contributed by atoms with Crippen molar-refractivity contribution in [1.82, 2.24) is 15.0 Å². The van der Waals surface area contributed by atoms with Crippen LogP contribution in [0.15, 0.2) is 28.0 Å². The van der Waals surface area contributed by atoms with Crippen molar-refractivity contribution in [2.24, 2.45) is 0 Å². The minimum atomic E-state index is 0.245. The Morgan fingerprint density at radius 1 is 1.19 bits per heavy atom. The Hall–Kier alpha value is -2.20. The molecule has 166 valence electrons. The molecule has 4 aromatic rings. The van der Waals surface area contributed by atoms with Crippen molar-refractivity contribution in [3.63, 3.8) is 0 Å². The summed E-state index contributed by atoms with van der Waals surface area (Å²) < 4.78 is 6.88. The van der Waals surface area contributed by atoms with Gasteiger partial charge in [0.15, 0.2) is 16.7 Å². The van der Waals surface area contributed by atoms with Crippen molar-refractivity contribution >= 4 is 49.3 Å². The number of aromatic nitrogens is 3. The van der Waals surface area contributed by atoms with Gasteiger partial charge in [0.1, 0.15) is 17.1 Å². The molecule has 9 heteroatoms. The van der Waals surface area contributed by atoms with Crippen molar-refractivity contribution in [2.45, 2.75) is 24.4 Å². The third-order valence-corrected chi connectivity index (χ3v) is 8.28. The standard InChI is InChI=1S/C23H25N5O2S2/c1-31-23-25-19-17-14-4-2-5-15(14)18(16-6-3-13-30-16)24-22(17)32-20(19)21(26-23)28-9-7-27(8-10-28)11-12-29/h3,6,13,29H,2,4-5,7-12H2,1H3/p+1. The predicted molar refractivity (Wildman–Crippen MR) is 129 cm³/mol. The van der Waals surface area contributed by atoms with Gasteiger partial charge in [0.05, 0.1) is 49.3 Å². The molecule has 2 aliphatic rings. The van der Waals surface area contributed by atoms with E-state index in [1.54, 1.807) is 29.4 Å². The number of thioether (sulfide) groups is 1. The number of pyridine rings is 1. The average Bonchev–Trinajstić information content (AvgIpc) is 3.57. The first-order chi connectivity index (χ1) is 15.8. The molecule has 32 heavy (non-hydrogen) atoms. The zero-order valence-corrected chi connectivity index (χ0v) is 19.7. The number of furan rings is 1. The van der Waals surface area contributed by atoms with E-state index in [1.165, 1.54) is 21.4 Å². The van der Waals surface area contributed by atoms with Crippen molar-refractivity contribution in [3.8, 4) is 11.5 Å². The predicted octanol–water partition coefficient (Wildman–Crippen LogP) is 2.41. The maximum absolute atomic E-state index is 9.29. The zero-order valence-electron chi connectivity index (χ0n) is 18.1. The van der Waals surface area contributed by atoms with Crippen LogP contribution in [0.3, 0.4) is 0 Å². The van der Waals surface area contributed by atoms with Crippen LogP contribution in [0, 0.1) is 0 Å². The largest absolute Gasteiger partial charge is 0.463 e. The first-order valence-corrected chi connectivity index (χ1v) is 13.2. The number of piperazine rings is 1. The summed E-state index contributed by atoms with van der Waals surface area (Å²) in [6, 6.07) is 3.94. The van der Waals surface area contributed by atoms with Crippen LogP contribution in [0.25, 0.3) is 31.9 Å². The van der Waals surface area contributed by atoms with E-state index in [9.17, 15) is 5.11 Å². The number of nitrogens with zero attached hydrogens (tertiary/aromatic N) is 4. The summed E-state index contributed by atoms with van der Waals surface area (Å²) in [7, 11) is 0. The van der Waals surface area contributed by atoms with E-state index in [2.05, 4.69) is 4.90 Å². The number of thiophene rings is 1. The minimum absolute atomic E-state index is 0.245. The highest BCUT2D eigenvalue weighted by Crippen LogP contribution is 2.44. The Bertz CT molecular complexity index is 1280. The Morgan fingerprint density at radius 3 is 2.78 bits per heavy atom. The molecule has 1 fully saturated rings. The Balaban J connectivity index is 1.53. The lowest BCUT2D eigenvalue weighted by atomic mass is 10.0. The molecule has 0 spiro atoms. The first kappa shape index (κ1) is 20.4. The topological polar surface area (TPSA) is 79.7 Å². The van der Waals surface area contributed by atoms with E-state index in [4.69, 9.17) is 19.4 Å². The number of hydrogen-bond donors (Lipinski definition) is 2. The minimum Gasteiger partial charge on any atom is -0.463 e. The van der Waals surface area contributed by atoms with Crippen LogP contribution in [0.4, 0.5) is 5.82 Å². The second-order valence-electron chi connectivity index (χ2n) is 8.45. The van der Waals surface area contributed by atoms with Crippen LogP contribution < -0.4 is 9.80 Å². The maximum atomic E-state index is 9.29. The van der Waals surface area contributed by atoms with E-state index >= 15 is 0 Å². The van der Waals surface area contributed by atoms with E-state index in [-0.39, 0.29) is 6.61 Å². The molecule has 5 heterocycles. The van der Waals surface area contributed by atoms with E-state index in [0.29, 0.717) is 0 Å². The number of aryl methyl sites for hydroxylation is 1. The van der Waals surface area contributed by atoms with E-state index in [0.717, 1.165) is 89.5 Å². The van der Waals surface area contributed by atoms with Gasteiger partial charge in [-0.1, -0.05) is 11.8 Å². The molecule has 4 aromatic heterocycles. The van der Waals surface area contributed by atoms with E-state index < -0.39 is 0 Å². The van der Waals surface area contributed by atoms with Crippen LogP contribution in [0.2, 0.25) is 0 Å². The lowest BCUT2D eigenvalue weighted by molar-refractivity contribution is -0.900. The Morgan fingerprint density at radius 2 is 2.03 bits per heavy atom. The number of aliphatic hydroxyl groups is 1. The van der Waals surface area contributed by atoms with Crippen molar-refractivity contribution < 1.29 is 14.4 Å². The Kier molecular flexibility index (Phi) is 5.29. The molecule has 1 aliphatic heterocycles. The molecular weight excluding hydrogens is 442 g/mol. The SMILES string of the molecule is CSc1nc(N2CC[NH+](CCO)CC2)c2sc3nc(-c4ccco4)c4c(c3c2n1)CCC4. The highest BCUT2D eigenvalue weighted by Gasteiger charge is 2.29. The smallest absolute Gasteiger partial charge is 0.189 e. The second-order valence-corrected chi connectivity index (χ2v) is 10.2. The third kappa shape index (κ3) is 3.30. The van der Waals surface area contributed by atoms with Gasteiger partial charge in [0, 0.05) is 5.39 Å². The summed E-state index contributed by atoms with van der Waals surface area (Å²) in [6.07, 6.45) is 7.00. The van der Waals surface area contributed by atoms with Crippen LogP contribution in [-0.4, -0.2) is 65.6 Å². The van der Waals surface area contributed by atoms with Gasteiger partial charge in [0.25, 0.3) is 0 Å². The lowest BCUT2D eigenvalue weighted by Crippen LogP contribution is -3.15. The summed E-state index contributed by atoms with van der Waals surface area (Å²) in [5.41, 5.74) is 4.75. The van der Waals surface area contributed by atoms with Crippen molar-refractivity contribution in [2.75, 3.05) is 50.5 Å². The van der Waals surface area contributed by atoms with Crippen LogP contribution in [-0.2, 0) is 12.8 Å². The van der Waals surface area contributed by atoms with Gasteiger partial charge in [-0.2, -0.15) is 0 Å². The third-order valence-electron chi connectivity index (χ3n) is 6.67. The molecule has 0 amide bonds. The molecule has 1 aliphatic carbocycles. The molecule has 7 nitrogen and oxygen atoms in total. The molecule has 2 N–H and O–H groups in total. The summed E-state index contributed by atoms with van der Waals surface area (Å²) in [5.74, 6) is 1.89. The normalized spacial score (nSPS) is 17.0. The van der Waals surface area contributed by atoms with Crippen LogP contribution >= 0.6 is 23.1 Å². The van der Waals surface area contributed by atoms with E-state index in [1.807, 2.05) is 18.4 Å². The van der Waals surface area contributed by atoms with Crippen LogP contribution in [0.5, 0.6) is 0 Å². The summed E-state index contributed by atoms with van der Waals surface area (Å²) in [6.45, 7) is 4.97. The number of quaternary nitrogens is 1. The van der Waals surface area contributed by atoms with Gasteiger partial charge in [0.2, 0.25) is 0 Å². The fraction of sp³-hybridized carbons (Fsp3) is 0.435. The molecule has 0 aromatic carbocycles. The van der Waals surface area contributed by atoms with Gasteiger partial charge >= 0.3 is 0 Å². The number of anilines is 1. The molecule has 0 unspecified atom stereocenters. The summed E-state index contributed by atoms with van der Waals surface area (Å²) in [5, 5.41) is 11.3. The fourth-order valence-electron chi connectivity index (χ4n) is 5.10. The average molecular weight is 469 g/mol. The molecule has 6 rings (SSSR count). The zero-order chi connectivity index (χ0) is 21.7. The molecule has 0 radical (unpaired) electrons. The number of aliphatic hydroxyl groups excluding tert-OH is 1. The highest BCUT2D eigenvalue weighted by molar-refractivity contribution is 7.98. The number of nitrogens with one attached hydrogen (secondary N) is 1. The quantitative estimate of drug-likeness (QED) is 0.344. The van der Waals surface area contributed by atoms with Gasteiger partial charge < -0.3 is 19.3 Å². The maximum Gasteiger partial charge on any atom is 0.189 e. The fourth-order valence-corrected chi connectivity index (χ4v) is 6.62. The molecule has 0 atom stereocenters. The van der Waals surface area contributed by atoms with Gasteiger partial charge in [-0.05, 0) is 48.8 Å². The molecule has 0 saturated carbocycles. The Labute approximate surface area is 194 Å². The number of hydrogen-bond acceptors (Lipinski definition) is 8. The van der Waals surface area contributed by atoms with Crippen molar-refractivity contribution in [3.05, 3.63) is 29.5 Å². The molecule has 0 bridgehead atoms. The molecular formula is C23H26N5O2S2+.